The maximum absolute atomic E-state index is 5.84. The largest absolute Gasteiger partial charge is 0.375 e. The van der Waals surface area contributed by atoms with Crippen molar-refractivity contribution in [3.63, 3.8) is 0 Å². The van der Waals surface area contributed by atoms with E-state index in [0.717, 1.165) is 43.0 Å². The van der Waals surface area contributed by atoms with Gasteiger partial charge in [-0.1, -0.05) is 25.6 Å². The van der Waals surface area contributed by atoms with E-state index >= 15 is 0 Å². The van der Waals surface area contributed by atoms with Gasteiger partial charge in [-0.05, 0) is 5.92 Å². The molecule has 1 aromatic heterocycles. The number of ether oxygens (including phenoxy) is 1. The van der Waals surface area contributed by atoms with E-state index in [-0.39, 0.29) is 6.10 Å². The number of nitrogens with zero attached hydrogens (tertiary/aromatic N) is 4. The summed E-state index contributed by atoms with van der Waals surface area (Å²) in [6, 6.07) is 0. The number of hydrogen-bond donors (Lipinski definition) is 1. The van der Waals surface area contributed by atoms with E-state index in [0.29, 0.717) is 12.5 Å². The first-order valence-electron chi connectivity index (χ1n) is 7.15. The lowest BCUT2D eigenvalue weighted by molar-refractivity contribution is -0.0191. The van der Waals surface area contributed by atoms with Gasteiger partial charge in [-0.3, -0.25) is 4.90 Å². The number of morpholine rings is 1. The summed E-state index contributed by atoms with van der Waals surface area (Å²) in [5.41, 5.74) is 5.60. The number of hydrogen-bond acceptors (Lipinski definition) is 6. The minimum Gasteiger partial charge on any atom is -0.375 e. The molecule has 7 heteroatoms. The summed E-state index contributed by atoms with van der Waals surface area (Å²) in [6.45, 7) is 8.95. The molecule has 0 aromatic carbocycles. The van der Waals surface area contributed by atoms with E-state index in [2.05, 4.69) is 28.9 Å². The summed E-state index contributed by atoms with van der Waals surface area (Å²) in [4.78, 5) is 2.49. The molecule has 0 aliphatic carbocycles. The van der Waals surface area contributed by atoms with Gasteiger partial charge in [0.25, 0.3) is 0 Å². The Morgan fingerprint density at radius 1 is 1.45 bits per heavy atom. The summed E-state index contributed by atoms with van der Waals surface area (Å²) in [7, 11) is 1.96. The van der Waals surface area contributed by atoms with Gasteiger partial charge < -0.3 is 15.0 Å². The molecule has 1 saturated heterocycles. The highest BCUT2D eigenvalue weighted by molar-refractivity contribution is 7.99. The Hall–Kier alpha value is -0.630. The lowest BCUT2D eigenvalue weighted by Gasteiger charge is -2.33. The lowest BCUT2D eigenvalue weighted by atomic mass is 10.2. The van der Waals surface area contributed by atoms with Gasteiger partial charge in [-0.15, -0.1) is 10.2 Å². The number of aromatic nitrogens is 3. The Balaban J connectivity index is 1.82. The number of nitrogens with two attached hydrogens (primary N) is 1. The van der Waals surface area contributed by atoms with Crippen LogP contribution in [0.3, 0.4) is 0 Å². The Labute approximate surface area is 125 Å². The molecule has 1 atom stereocenters. The topological polar surface area (TPSA) is 69.2 Å². The SMILES string of the molecule is CC(C)CN1CCOC(CSc2nnc(CN)n2C)C1. The fraction of sp³-hybridized carbons (Fsp3) is 0.846. The third-order valence-electron chi connectivity index (χ3n) is 3.35. The van der Waals surface area contributed by atoms with Gasteiger partial charge in [-0.2, -0.15) is 0 Å². The minimum atomic E-state index is 0.269. The minimum absolute atomic E-state index is 0.269. The average Bonchev–Trinajstić information content (AvgIpc) is 2.76. The van der Waals surface area contributed by atoms with Crippen LogP contribution in [0.15, 0.2) is 5.16 Å². The van der Waals surface area contributed by atoms with Gasteiger partial charge in [0, 0.05) is 32.4 Å². The quantitative estimate of drug-likeness (QED) is 0.781. The smallest absolute Gasteiger partial charge is 0.191 e. The summed E-state index contributed by atoms with van der Waals surface area (Å²) < 4.78 is 7.80. The molecule has 0 saturated carbocycles. The Kier molecular flexibility index (Phi) is 5.83. The molecule has 1 aliphatic heterocycles. The molecule has 0 spiro atoms. The monoisotopic (exact) mass is 299 g/mol. The maximum Gasteiger partial charge on any atom is 0.191 e. The van der Waals surface area contributed by atoms with Crippen molar-refractivity contribution in [3.05, 3.63) is 5.82 Å². The average molecular weight is 299 g/mol. The third-order valence-corrected chi connectivity index (χ3v) is 4.50. The van der Waals surface area contributed by atoms with Crippen molar-refractivity contribution < 1.29 is 4.74 Å². The standard InChI is InChI=1S/C13H25N5OS/c1-10(2)7-18-4-5-19-11(8-18)9-20-13-16-15-12(6-14)17(13)3/h10-11H,4-9,14H2,1-3H3. The van der Waals surface area contributed by atoms with E-state index in [9.17, 15) is 0 Å². The maximum atomic E-state index is 5.84. The van der Waals surface area contributed by atoms with Crippen molar-refractivity contribution in [2.24, 2.45) is 18.7 Å². The van der Waals surface area contributed by atoms with Gasteiger partial charge in [0.15, 0.2) is 5.16 Å². The first-order chi connectivity index (χ1) is 9.60. The predicted octanol–water partition coefficient (Wildman–Crippen LogP) is 0.723. The lowest BCUT2D eigenvalue weighted by Crippen LogP contribution is -2.44. The van der Waals surface area contributed by atoms with Gasteiger partial charge in [0.2, 0.25) is 0 Å². The molecule has 20 heavy (non-hydrogen) atoms. The van der Waals surface area contributed by atoms with E-state index in [4.69, 9.17) is 10.5 Å². The van der Waals surface area contributed by atoms with E-state index in [1.807, 2.05) is 11.6 Å². The molecule has 1 aliphatic rings. The van der Waals surface area contributed by atoms with Crippen molar-refractivity contribution in [1.82, 2.24) is 19.7 Å². The molecule has 1 aromatic rings. The fourth-order valence-electron chi connectivity index (χ4n) is 2.38. The second kappa shape index (κ2) is 7.40. The van der Waals surface area contributed by atoms with Crippen molar-refractivity contribution in [3.8, 4) is 0 Å². The summed E-state index contributed by atoms with van der Waals surface area (Å²) in [5.74, 6) is 2.43. The van der Waals surface area contributed by atoms with Crippen LogP contribution in [0.4, 0.5) is 0 Å². The zero-order chi connectivity index (χ0) is 14.5. The summed E-state index contributed by atoms with van der Waals surface area (Å²) in [5, 5.41) is 9.15. The van der Waals surface area contributed by atoms with Crippen LogP contribution >= 0.6 is 11.8 Å². The van der Waals surface area contributed by atoms with Crippen LogP contribution < -0.4 is 5.73 Å². The van der Waals surface area contributed by atoms with Gasteiger partial charge in [0.1, 0.15) is 5.82 Å². The molecule has 114 valence electrons. The third kappa shape index (κ3) is 4.18. The van der Waals surface area contributed by atoms with Crippen LogP contribution in [0, 0.1) is 5.92 Å². The molecular formula is C13H25N5OS. The fourth-order valence-corrected chi connectivity index (χ4v) is 3.31. The second-order valence-electron chi connectivity index (χ2n) is 5.62. The molecule has 0 amide bonds. The van der Waals surface area contributed by atoms with E-state index < -0.39 is 0 Å². The molecular weight excluding hydrogens is 274 g/mol. The molecule has 0 bridgehead atoms. The van der Waals surface area contributed by atoms with Crippen LogP contribution in [0.1, 0.15) is 19.7 Å². The Morgan fingerprint density at radius 3 is 2.90 bits per heavy atom. The van der Waals surface area contributed by atoms with Gasteiger partial charge in [0.05, 0.1) is 19.3 Å². The molecule has 6 nitrogen and oxygen atoms in total. The molecule has 2 N–H and O–H groups in total. The highest BCUT2D eigenvalue weighted by Crippen LogP contribution is 2.19. The molecule has 1 fully saturated rings. The van der Waals surface area contributed by atoms with Crippen molar-refractivity contribution >= 4 is 11.8 Å². The molecule has 1 unspecified atom stereocenters. The normalized spacial score (nSPS) is 20.8. The van der Waals surface area contributed by atoms with Crippen LogP contribution in [0.25, 0.3) is 0 Å². The zero-order valence-corrected chi connectivity index (χ0v) is 13.4. The predicted molar refractivity (Wildman–Crippen MR) is 80.6 cm³/mol. The first kappa shape index (κ1) is 15.8. The Bertz CT molecular complexity index is 423. The van der Waals surface area contributed by atoms with E-state index in [1.54, 1.807) is 11.8 Å². The number of rotatable bonds is 6. The summed E-state index contributed by atoms with van der Waals surface area (Å²) in [6.07, 6.45) is 0.269. The zero-order valence-electron chi connectivity index (χ0n) is 12.6. The molecule has 2 heterocycles. The second-order valence-corrected chi connectivity index (χ2v) is 6.61. The molecule has 2 rings (SSSR count). The van der Waals surface area contributed by atoms with Crippen LogP contribution in [-0.4, -0.2) is 57.8 Å². The van der Waals surface area contributed by atoms with E-state index in [1.165, 1.54) is 0 Å². The highest BCUT2D eigenvalue weighted by atomic mass is 32.2. The van der Waals surface area contributed by atoms with Crippen LogP contribution in [-0.2, 0) is 18.3 Å². The number of thioether (sulfide) groups is 1. The van der Waals surface area contributed by atoms with Crippen molar-refractivity contribution in [2.75, 3.05) is 32.0 Å². The van der Waals surface area contributed by atoms with Gasteiger partial charge >= 0.3 is 0 Å². The van der Waals surface area contributed by atoms with Gasteiger partial charge in [-0.25, -0.2) is 0 Å². The van der Waals surface area contributed by atoms with Crippen molar-refractivity contribution in [1.29, 1.82) is 0 Å². The van der Waals surface area contributed by atoms with Crippen LogP contribution in [0.5, 0.6) is 0 Å². The highest BCUT2D eigenvalue weighted by Gasteiger charge is 2.22. The Morgan fingerprint density at radius 2 is 2.25 bits per heavy atom. The first-order valence-corrected chi connectivity index (χ1v) is 8.13. The molecule has 0 radical (unpaired) electrons. The summed E-state index contributed by atoms with van der Waals surface area (Å²) >= 11 is 1.69. The van der Waals surface area contributed by atoms with Crippen molar-refractivity contribution in [2.45, 2.75) is 31.7 Å². The van der Waals surface area contributed by atoms with Crippen LogP contribution in [0.2, 0.25) is 0 Å².